The number of hydrogen-bond donors (Lipinski definition) is 0. The second kappa shape index (κ2) is 9.72. The molecule has 6 nitrogen and oxygen atoms in total. The van der Waals surface area contributed by atoms with Gasteiger partial charge in [0.1, 0.15) is 6.10 Å². The number of nitrogens with zero attached hydrogens (tertiary/aromatic N) is 1. The number of amides is 1. The maximum atomic E-state index is 12.3. The second-order valence-corrected chi connectivity index (χ2v) is 4.70. The van der Waals surface area contributed by atoms with E-state index in [0.29, 0.717) is 32.9 Å². The Bertz CT molecular complexity index is 302. The van der Waals surface area contributed by atoms with E-state index >= 15 is 0 Å². The van der Waals surface area contributed by atoms with E-state index < -0.39 is 0 Å². The summed E-state index contributed by atoms with van der Waals surface area (Å²) in [5, 5.41) is 0. The summed E-state index contributed by atoms with van der Waals surface area (Å²) in [6.07, 6.45) is 2.30. The molecule has 0 saturated carbocycles. The average Bonchev–Trinajstić information content (AvgIpc) is 2.99. The Morgan fingerprint density at radius 1 is 1.35 bits per heavy atom. The highest BCUT2D eigenvalue weighted by atomic mass is 16.5. The van der Waals surface area contributed by atoms with Crippen molar-refractivity contribution in [2.24, 2.45) is 0 Å². The minimum atomic E-state index is -0.347. The van der Waals surface area contributed by atoms with Crippen molar-refractivity contribution in [3.05, 3.63) is 0 Å². The Morgan fingerprint density at radius 3 is 2.75 bits per heavy atom. The van der Waals surface area contributed by atoms with Crippen LogP contribution in [-0.2, 0) is 23.8 Å². The van der Waals surface area contributed by atoms with Gasteiger partial charge in [-0.05, 0) is 26.2 Å². The van der Waals surface area contributed by atoms with E-state index in [1.165, 1.54) is 7.11 Å². The van der Waals surface area contributed by atoms with Crippen molar-refractivity contribution < 1.29 is 23.8 Å². The first kappa shape index (κ1) is 16.9. The lowest BCUT2D eigenvalue weighted by atomic mass is 10.2. The van der Waals surface area contributed by atoms with Gasteiger partial charge in [0.2, 0.25) is 0 Å². The number of ether oxygens (including phenoxy) is 3. The summed E-state index contributed by atoms with van der Waals surface area (Å²) >= 11 is 0. The molecule has 0 aromatic heterocycles. The lowest BCUT2D eigenvalue weighted by molar-refractivity contribution is -0.144. The van der Waals surface area contributed by atoms with Gasteiger partial charge in [-0.3, -0.25) is 9.59 Å². The summed E-state index contributed by atoms with van der Waals surface area (Å²) in [6.45, 7) is 4.81. The molecule has 1 rings (SSSR count). The van der Waals surface area contributed by atoms with Crippen molar-refractivity contribution in [1.29, 1.82) is 0 Å². The number of carbonyl (C=O) groups is 2. The lowest BCUT2D eigenvalue weighted by Gasteiger charge is -2.25. The van der Waals surface area contributed by atoms with Gasteiger partial charge in [0.25, 0.3) is 5.91 Å². The molecular formula is C14H25NO5. The highest BCUT2D eigenvalue weighted by molar-refractivity contribution is 5.81. The summed E-state index contributed by atoms with van der Waals surface area (Å²) < 4.78 is 15.3. The molecule has 1 fully saturated rings. The van der Waals surface area contributed by atoms with Gasteiger partial charge in [0, 0.05) is 32.9 Å². The second-order valence-electron chi connectivity index (χ2n) is 4.70. The van der Waals surface area contributed by atoms with Crippen molar-refractivity contribution in [3.63, 3.8) is 0 Å². The molecule has 1 aliphatic rings. The topological polar surface area (TPSA) is 65.1 Å². The molecule has 0 aromatic rings. The van der Waals surface area contributed by atoms with E-state index in [1.807, 2.05) is 6.92 Å². The molecule has 0 bridgehead atoms. The van der Waals surface area contributed by atoms with Crippen LogP contribution in [0.3, 0.4) is 0 Å². The van der Waals surface area contributed by atoms with E-state index in [4.69, 9.17) is 9.47 Å². The van der Waals surface area contributed by atoms with Gasteiger partial charge >= 0.3 is 5.97 Å². The summed E-state index contributed by atoms with van der Waals surface area (Å²) in [5.41, 5.74) is 0. The normalized spacial score (nSPS) is 18.0. The third-order valence-electron chi connectivity index (χ3n) is 3.25. The van der Waals surface area contributed by atoms with Crippen LogP contribution in [0.5, 0.6) is 0 Å². The maximum absolute atomic E-state index is 12.3. The van der Waals surface area contributed by atoms with Crippen molar-refractivity contribution >= 4 is 11.9 Å². The van der Waals surface area contributed by atoms with E-state index in [2.05, 4.69) is 4.74 Å². The highest BCUT2D eigenvalue weighted by Crippen LogP contribution is 2.15. The van der Waals surface area contributed by atoms with Gasteiger partial charge in [-0.15, -0.1) is 0 Å². The zero-order chi connectivity index (χ0) is 14.8. The van der Waals surface area contributed by atoms with E-state index in [-0.39, 0.29) is 24.4 Å². The maximum Gasteiger partial charge on any atom is 0.307 e. The molecule has 0 aromatic carbocycles. The molecule has 1 aliphatic heterocycles. The molecule has 20 heavy (non-hydrogen) atoms. The van der Waals surface area contributed by atoms with Gasteiger partial charge in [0.15, 0.2) is 0 Å². The van der Waals surface area contributed by atoms with Crippen LogP contribution in [0.4, 0.5) is 0 Å². The molecular weight excluding hydrogens is 262 g/mol. The molecule has 1 heterocycles. The van der Waals surface area contributed by atoms with Crippen LogP contribution >= 0.6 is 0 Å². The third-order valence-corrected chi connectivity index (χ3v) is 3.25. The molecule has 0 spiro atoms. The zero-order valence-corrected chi connectivity index (χ0v) is 12.4. The Kier molecular flexibility index (Phi) is 8.22. The van der Waals surface area contributed by atoms with Crippen molar-refractivity contribution in [3.8, 4) is 0 Å². The van der Waals surface area contributed by atoms with Crippen LogP contribution in [0.25, 0.3) is 0 Å². The van der Waals surface area contributed by atoms with Crippen molar-refractivity contribution in [1.82, 2.24) is 4.90 Å². The first-order valence-corrected chi connectivity index (χ1v) is 7.24. The van der Waals surface area contributed by atoms with Crippen LogP contribution in [0, 0.1) is 0 Å². The highest BCUT2D eigenvalue weighted by Gasteiger charge is 2.28. The Balaban J connectivity index is 2.43. The minimum Gasteiger partial charge on any atom is -0.469 e. The fraction of sp³-hybridized carbons (Fsp3) is 0.857. The van der Waals surface area contributed by atoms with Crippen molar-refractivity contribution in [2.75, 3.05) is 40.0 Å². The summed E-state index contributed by atoms with van der Waals surface area (Å²) in [7, 11) is 1.35. The van der Waals surface area contributed by atoms with Gasteiger partial charge in [-0.1, -0.05) is 0 Å². The number of esters is 1. The monoisotopic (exact) mass is 287 g/mol. The van der Waals surface area contributed by atoms with Gasteiger partial charge in [-0.25, -0.2) is 0 Å². The van der Waals surface area contributed by atoms with Crippen LogP contribution in [0.1, 0.15) is 32.6 Å². The quantitative estimate of drug-likeness (QED) is 0.467. The van der Waals surface area contributed by atoms with Gasteiger partial charge < -0.3 is 19.1 Å². The fourth-order valence-corrected chi connectivity index (χ4v) is 2.14. The first-order valence-electron chi connectivity index (χ1n) is 7.24. The average molecular weight is 287 g/mol. The molecule has 1 amide bonds. The Morgan fingerprint density at radius 2 is 2.15 bits per heavy atom. The molecule has 0 aliphatic carbocycles. The van der Waals surface area contributed by atoms with E-state index in [0.717, 1.165) is 19.3 Å². The summed E-state index contributed by atoms with van der Waals surface area (Å²) in [6, 6.07) is 0. The standard InChI is InChI=1S/C14H25NO5/c1-3-19-10-5-8-15(9-7-13(16)18-2)14(17)12-6-4-11-20-12/h12H,3-11H2,1-2H3. The molecule has 1 atom stereocenters. The fourth-order valence-electron chi connectivity index (χ4n) is 2.14. The molecule has 0 N–H and O–H groups in total. The smallest absolute Gasteiger partial charge is 0.307 e. The Hall–Kier alpha value is -1.14. The van der Waals surface area contributed by atoms with Crippen molar-refractivity contribution in [2.45, 2.75) is 38.7 Å². The predicted molar refractivity (Wildman–Crippen MR) is 73.3 cm³/mol. The molecule has 1 unspecified atom stereocenters. The third kappa shape index (κ3) is 5.88. The van der Waals surface area contributed by atoms with Crippen LogP contribution in [-0.4, -0.2) is 62.9 Å². The number of methoxy groups -OCH3 is 1. The van der Waals surface area contributed by atoms with Crippen LogP contribution in [0.2, 0.25) is 0 Å². The molecule has 116 valence electrons. The number of carbonyl (C=O) groups excluding carboxylic acids is 2. The van der Waals surface area contributed by atoms with E-state index in [9.17, 15) is 9.59 Å². The van der Waals surface area contributed by atoms with Gasteiger partial charge in [-0.2, -0.15) is 0 Å². The molecule has 1 saturated heterocycles. The van der Waals surface area contributed by atoms with E-state index in [1.54, 1.807) is 4.90 Å². The first-order chi connectivity index (χ1) is 9.69. The summed E-state index contributed by atoms with van der Waals surface area (Å²) in [4.78, 5) is 25.2. The van der Waals surface area contributed by atoms with Crippen LogP contribution < -0.4 is 0 Å². The largest absolute Gasteiger partial charge is 0.469 e. The number of hydrogen-bond acceptors (Lipinski definition) is 5. The predicted octanol–water partition coefficient (Wildman–Crippen LogP) is 0.984. The zero-order valence-electron chi connectivity index (χ0n) is 12.4. The number of rotatable bonds is 9. The SMILES string of the molecule is CCOCCCN(CCC(=O)OC)C(=O)C1CCCO1. The lowest BCUT2D eigenvalue weighted by Crippen LogP contribution is -2.41. The summed E-state index contributed by atoms with van der Waals surface area (Å²) in [5.74, 6) is -0.331. The molecule has 0 radical (unpaired) electrons. The minimum absolute atomic E-state index is 0.0251. The van der Waals surface area contributed by atoms with Crippen LogP contribution in [0.15, 0.2) is 0 Å². The molecule has 6 heteroatoms. The Labute approximate surface area is 120 Å². The van der Waals surface area contributed by atoms with Gasteiger partial charge in [0.05, 0.1) is 13.5 Å².